The van der Waals surface area contributed by atoms with Gasteiger partial charge in [0.2, 0.25) is 0 Å². The number of halogens is 1. The van der Waals surface area contributed by atoms with Gasteiger partial charge in [-0.05, 0) is 110 Å². The Hall–Kier alpha value is -2.70. The van der Waals surface area contributed by atoms with Crippen LogP contribution in [-0.2, 0) is 16.6 Å². The Morgan fingerprint density at radius 3 is 2.54 bits per heavy atom. The van der Waals surface area contributed by atoms with Crippen molar-refractivity contribution in [3.63, 3.8) is 0 Å². The lowest BCUT2D eigenvalue weighted by molar-refractivity contribution is -0.157. The molecule has 11 heteroatoms. The largest absolute Gasteiger partial charge is 0.490 e. The molecule has 9 nitrogen and oxygen atoms in total. The van der Waals surface area contributed by atoms with Crippen molar-refractivity contribution >= 4 is 29.3 Å². The fourth-order valence-electron chi connectivity index (χ4n) is 6.04. The summed E-state index contributed by atoms with van der Waals surface area (Å²) in [6.07, 6.45) is 5.78. The third-order valence-electron chi connectivity index (χ3n) is 9.42. The van der Waals surface area contributed by atoms with Crippen molar-refractivity contribution in [3.8, 4) is 16.9 Å². The number of hydrogen-bond acceptors (Lipinski definition) is 9. The van der Waals surface area contributed by atoms with Crippen LogP contribution in [0, 0.1) is 0 Å². The zero-order valence-electron chi connectivity index (χ0n) is 27.4. The summed E-state index contributed by atoms with van der Waals surface area (Å²) in [5, 5.41) is 49.0. The molecule has 2 aliphatic carbocycles. The van der Waals surface area contributed by atoms with Crippen LogP contribution < -0.4 is 4.74 Å². The van der Waals surface area contributed by atoms with Crippen molar-refractivity contribution in [1.82, 2.24) is 9.88 Å². The first-order valence-electron chi connectivity index (χ1n) is 16.8. The third-order valence-corrected chi connectivity index (χ3v) is 10.9. The smallest absolute Gasteiger partial charge is 0.253 e. The lowest BCUT2D eigenvalue weighted by Crippen LogP contribution is -2.52. The Morgan fingerprint density at radius 1 is 1.04 bits per heavy atom. The number of rotatable bonds is 19. The highest BCUT2D eigenvalue weighted by atomic mass is 35.5. The maximum absolute atomic E-state index is 12.4. The van der Waals surface area contributed by atoms with E-state index in [1.165, 1.54) is 28.0 Å². The minimum atomic E-state index is -1.90. The molecule has 0 unspecified atom stereocenters. The van der Waals surface area contributed by atoms with Crippen LogP contribution in [0.1, 0.15) is 62.5 Å². The number of aliphatic hydroxyl groups is 5. The predicted molar refractivity (Wildman–Crippen MR) is 187 cm³/mol. The Kier molecular flexibility index (Phi) is 12.8. The molecule has 0 aliphatic heterocycles. The van der Waals surface area contributed by atoms with Crippen LogP contribution in [0.3, 0.4) is 0 Å². The molecular weight excluding hydrogens is 652 g/mol. The van der Waals surface area contributed by atoms with Gasteiger partial charge in [-0.15, -0.1) is 11.8 Å². The fraction of sp³-hybridized carbons (Fsp3) is 0.514. The van der Waals surface area contributed by atoms with Crippen LogP contribution in [0.25, 0.3) is 11.1 Å². The van der Waals surface area contributed by atoms with Crippen molar-refractivity contribution in [3.05, 3.63) is 77.1 Å². The molecule has 48 heavy (non-hydrogen) atoms. The number of carbonyl (C=O) groups is 1. The van der Waals surface area contributed by atoms with E-state index in [4.69, 9.17) is 21.4 Å². The van der Waals surface area contributed by atoms with Crippen molar-refractivity contribution in [2.24, 2.45) is 0 Å². The van der Waals surface area contributed by atoms with Gasteiger partial charge in [0.15, 0.2) is 6.10 Å². The first kappa shape index (κ1) is 36.6. The van der Waals surface area contributed by atoms with E-state index in [9.17, 15) is 25.2 Å². The first-order valence-corrected chi connectivity index (χ1v) is 18.2. The van der Waals surface area contributed by atoms with Gasteiger partial charge in [-0.25, -0.2) is 0 Å². The van der Waals surface area contributed by atoms with Gasteiger partial charge in [0.05, 0.1) is 12.7 Å². The van der Waals surface area contributed by atoms with E-state index < -0.39 is 36.9 Å². The molecule has 2 aliphatic rings. The molecule has 1 aromatic heterocycles. The first-order chi connectivity index (χ1) is 23.1. The highest BCUT2D eigenvalue weighted by Gasteiger charge is 2.45. The van der Waals surface area contributed by atoms with E-state index in [0.717, 1.165) is 79.0 Å². The van der Waals surface area contributed by atoms with Gasteiger partial charge in [0, 0.05) is 41.5 Å². The molecule has 2 fully saturated rings. The fourth-order valence-corrected chi connectivity index (χ4v) is 7.23. The van der Waals surface area contributed by atoms with Crippen molar-refractivity contribution in [2.45, 2.75) is 98.6 Å². The van der Waals surface area contributed by atoms with Crippen molar-refractivity contribution in [2.75, 3.05) is 26.0 Å². The van der Waals surface area contributed by atoms with Gasteiger partial charge < -0.3 is 35.2 Å². The van der Waals surface area contributed by atoms with Crippen molar-refractivity contribution in [1.29, 1.82) is 0 Å². The second-order valence-electron chi connectivity index (χ2n) is 13.1. The number of carbonyl (C=O) groups excluding carboxylic acids is 1. The third kappa shape index (κ3) is 9.29. The molecule has 0 spiro atoms. The number of likely N-dealkylation sites (N-methyl/N-ethyl adjacent to an activating group) is 1. The Morgan fingerprint density at radius 2 is 1.81 bits per heavy atom. The van der Waals surface area contributed by atoms with Crippen LogP contribution in [0.15, 0.2) is 65.8 Å². The quantitative estimate of drug-likeness (QED) is 0.0884. The van der Waals surface area contributed by atoms with E-state index >= 15 is 0 Å². The summed E-state index contributed by atoms with van der Waals surface area (Å²) in [5.74, 6) is 1.09. The van der Waals surface area contributed by atoms with Gasteiger partial charge in [-0.1, -0.05) is 36.2 Å². The summed E-state index contributed by atoms with van der Waals surface area (Å²) in [6, 6.07) is 16.7. The molecule has 0 saturated heterocycles. The molecule has 2 saturated carbocycles. The standard InChI is InChI=1S/C37H47ClN2O7S/c1-40(36(46)35(45)34(44)33(43)31(42)23-41)19-5-2-6-20-48-26-11-12-30(38)24(21-26)13-15-37(16-17-37)29-22-39-18-14-27(29)28-7-3-4-8-32(28)47-25-9-10-25/h3-4,7-8,11-12,14,18,21-22,25,31,33-35,41-45H,2,5-6,9-10,13,15-17,19-20,23H2,1H3/t31-,33+,34-,35-/m0/s1. The second kappa shape index (κ2) is 16.8. The van der Waals surface area contributed by atoms with Crippen LogP contribution in [0.5, 0.6) is 5.75 Å². The molecule has 0 bridgehead atoms. The maximum Gasteiger partial charge on any atom is 0.253 e. The van der Waals surface area contributed by atoms with Crippen LogP contribution in [0.4, 0.5) is 0 Å². The number of para-hydroxylation sites is 1. The van der Waals surface area contributed by atoms with E-state index in [-0.39, 0.29) is 5.41 Å². The lowest BCUT2D eigenvalue weighted by Gasteiger charge is -2.28. The predicted octanol–water partition coefficient (Wildman–Crippen LogP) is 4.76. The zero-order chi connectivity index (χ0) is 34.3. The average Bonchev–Trinajstić information content (AvgIpc) is 4.06. The summed E-state index contributed by atoms with van der Waals surface area (Å²) in [7, 11) is 1.51. The van der Waals surface area contributed by atoms with Crippen LogP contribution >= 0.6 is 23.4 Å². The summed E-state index contributed by atoms with van der Waals surface area (Å²) in [5.41, 5.74) is 4.85. The van der Waals surface area contributed by atoms with Crippen LogP contribution in [-0.4, -0.2) is 97.8 Å². The molecule has 2 aromatic carbocycles. The molecule has 5 N–H and O–H groups in total. The topological polar surface area (TPSA) is 144 Å². The minimum absolute atomic E-state index is 0.0753. The van der Waals surface area contributed by atoms with Gasteiger partial charge in [-0.3, -0.25) is 9.78 Å². The van der Waals surface area contributed by atoms with Crippen LogP contribution in [0.2, 0.25) is 5.02 Å². The summed E-state index contributed by atoms with van der Waals surface area (Å²) >= 11 is 8.47. The number of thioether (sulfide) groups is 1. The number of ether oxygens (including phenoxy) is 1. The summed E-state index contributed by atoms with van der Waals surface area (Å²) < 4.78 is 6.27. The number of aromatic nitrogens is 1. The second-order valence-corrected chi connectivity index (χ2v) is 14.7. The van der Waals surface area contributed by atoms with E-state index in [0.29, 0.717) is 19.1 Å². The number of pyridine rings is 1. The Balaban J connectivity index is 1.10. The van der Waals surface area contributed by atoms with Gasteiger partial charge in [0.25, 0.3) is 5.91 Å². The molecule has 5 rings (SSSR count). The van der Waals surface area contributed by atoms with Crippen molar-refractivity contribution < 1.29 is 35.1 Å². The number of unbranched alkanes of at least 4 members (excludes halogenated alkanes) is 2. The summed E-state index contributed by atoms with van der Waals surface area (Å²) in [6.45, 7) is -0.429. The molecule has 1 amide bonds. The average molecular weight is 699 g/mol. The minimum Gasteiger partial charge on any atom is -0.490 e. The molecule has 4 atom stereocenters. The molecule has 260 valence electrons. The number of nitrogens with zero attached hydrogens (tertiary/aromatic N) is 2. The monoisotopic (exact) mass is 698 g/mol. The number of benzene rings is 2. The number of hydrogen-bond donors (Lipinski definition) is 5. The number of aliphatic hydroxyl groups excluding tert-OH is 5. The Labute approximate surface area is 291 Å². The lowest BCUT2D eigenvalue weighted by atomic mass is 9.85. The Bertz CT molecular complexity index is 1520. The SMILES string of the molecule is CN(CCCCCSc1ccc(Cl)c(CCC2(c3cnccc3-c3ccccc3OC3CC3)CC2)c1)C(=O)[C@@H](O)[C@@H](O)[C@H](O)[C@@H](O)CO. The molecule has 3 aromatic rings. The van der Waals surface area contributed by atoms with E-state index in [1.54, 1.807) is 11.8 Å². The van der Waals surface area contributed by atoms with E-state index in [1.807, 2.05) is 24.5 Å². The zero-order valence-corrected chi connectivity index (χ0v) is 29.0. The van der Waals surface area contributed by atoms with Gasteiger partial charge >= 0.3 is 0 Å². The maximum atomic E-state index is 12.4. The highest BCUT2D eigenvalue weighted by molar-refractivity contribution is 7.99. The highest BCUT2D eigenvalue weighted by Crippen LogP contribution is 2.55. The molecular formula is C37H47ClN2O7S. The van der Waals surface area contributed by atoms with Gasteiger partial charge in [-0.2, -0.15) is 0 Å². The number of aryl methyl sites for hydroxylation is 1. The number of amides is 1. The molecule has 1 heterocycles. The normalized spacial score (nSPS) is 17.7. The van der Waals surface area contributed by atoms with E-state index in [2.05, 4.69) is 41.4 Å². The summed E-state index contributed by atoms with van der Waals surface area (Å²) in [4.78, 5) is 19.4. The molecule has 0 radical (unpaired) electrons. The van der Waals surface area contributed by atoms with Gasteiger partial charge in [0.1, 0.15) is 24.1 Å².